The van der Waals surface area contributed by atoms with E-state index in [-0.39, 0.29) is 29.9 Å². The van der Waals surface area contributed by atoms with Crippen LogP contribution < -0.4 is 10.1 Å². The molecule has 0 aliphatic carbocycles. The zero-order valence-electron chi connectivity index (χ0n) is 20.4. The molecule has 2 atom stereocenters. The molecule has 1 aliphatic rings. The molecule has 1 N–H and O–H groups in total. The topological polar surface area (TPSA) is 81.7 Å². The molecule has 2 unspecified atom stereocenters. The average Bonchev–Trinajstić information content (AvgIpc) is 2.93. The summed E-state index contributed by atoms with van der Waals surface area (Å²) in [6.07, 6.45) is 5.32. The number of carbonyl (C=O) groups is 1. The van der Waals surface area contributed by atoms with Crippen molar-refractivity contribution in [1.29, 1.82) is 0 Å². The van der Waals surface area contributed by atoms with Gasteiger partial charge in [0.25, 0.3) is 0 Å². The molecule has 2 aromatic rings. The van der Waals surface area contributed by atoms with E-state index in [9.17, 15) is 13.2 Å². The number of hydrogen-bond donors (Lipinski definition) is 1. The summed E-state index contributed by atoms with van der Waals surface area (Å²) in [5, 5.41) is 3.78. The third-order valence-corrected chi connectivity index (χ3v) is 9.04. The minimum Gasteiger partial charge on any atom is -0.481 e. The van der Waals surface area contributed by atoms with Crippen molar-refractivity contribution in [3.05, 3.63) is 53.6 Å². The van der Waals surface area contributed by atoms with Gasteiger partial charge in [-0.2, -0.15) is 0 Å². The summed E-state index contributed by atoms with van der Waals surface area (Å²) in [5.74, 6) is -0.0871. The summed E-state index contributed by atoms with van der Waals surface area (Å²) in [5.41, 5.74) is 1.19. The summed E-state index contributed by atoms with van der Waals surface area (Å²) in [4.78, 5) is 12.9. The molecule has 186 valence electrons. The second-order valence-electron chi connectivity index (χ2n) is 8.62. The van der Waals surface area contributed by atoms with Crippen LogP contribution in [0.2, 0.25) is 0 Å². The third-order valence-electron chi connectivity index (χ3n) is 6.33. The smallest absolute Gasteiger partial charge is 0.344 e. The maximum absolute atomic E-state index is 13.8. The van der Waals surface area contributed by atoms with Crippen LogP contribution in [0.4, 0.5) is 0 Å². The predicted molar refractivity (Wildman–Crippen MR) is 136 cm³/mol. The van der Waals surface area contributed by atoms with Crippen LogP contribution >= 0.6 is 11.8 Å². The van der Waals surface area contributed by atoms with Gasteiger partial charge in [0.05, 0.1) is 23.3 Å². The molecule has 0 radical (unpaired) electrons. The minimum absolute atomic E-state index is 0.0166. The van der Waals surface area contributed by atoms with Crippen LogP contribution in [0.5, 0.6) is 5.75 Å². The van der Waals surface area contributed by atoms with Crippen molar-refractivity contribution in [2.75, 3.05) is 25.2 Å². The van der Waals surface area contributed by atoms with Gasteiger partial charge in [-0.1, -0.05) is 57.0 Å². The van der Waals surface area contributed by atoms with Crippen molar-refractivity contribution in [2.45, 2.75) is 67.8 Å². The summed E-state index contributed by atoms with van der Waals surface area (Å²) < 4.78 is 38.3. The van der Waals surface area contributed by atoms with Crippen LogP contribution in [0.15, 0.2) is 52.3 Å². The summed E-state index contributed by atoms with van der Waals surface area (Å²) in [6, 6.07) is 13.2. The van der Waals surface area contributed by atoms with Crippen LogP contribution in [-0.4, -0.2) is 45.1 Å². The maximum atomic E-state index is 13.8. The van der Waals surface area contributed by atoms with Gasteiger partial charge in [-0.15, -0.1) is 11.8 Å². The van der Waals surface area contributed by atoms with E-state index in [4.69, 9.17) is 9.47 Å². The SMILES string of the molecule is CCCCC1(CC)CS(=O)(=O)c2cc(OCC(=O)OCC)c(SC)cc2C(c2ccccc2)N1. The first-order valence-corrected chi connectivity index (χ1v) is 14.7. The maximum Gasteiger partial charge on any atom is 0.344 e. The zero-order valence-corrected chi connectivity index (χ0v) is 22.1. The van der Waals surface area contributed by atoms with Gasteiger partial charge in [-0.25, -0.2) is 13.2 Å². The van der Waals surface area contributed by atoms with Crippen molar-refractivity contribution in [2.24, 2.45) is 0 Å². The van der Waals surface area contributed by atoms with E-state index in [1.807, 2.05) is 42.7 Å². The summed E-state index contributed by atoms with van der Waals surface area (Å²) in [7, 11) is -3.63. The molecular formula is C26H35NO5S2. The van der Waals surface area contributed by atoms with Crippen LogP contribution in [0.1, 0.15) is 63.6 Å². The van der Waals surface area contributed by atoms with Gasteiger partial charge >= 0.3 is 5.97 Å². The largest absolute Gasteiger partial charge is 0.481 e. The van der Waals surface area contributed by atoms with Crippen molar-refractivity contribution >= 4 is 27.6 Å². The Morgan fingerprint density at radius 3 is 2.53 bits per heavy atom. The number of carbonyl (C=O) groups excluding carboxylic acids is 1. The summed E-state index contributed by atoms with van der Waals surface area (Å²) >= 11 is 1.46. The number of fused-ring (bicyclic) bond motifs is 1. The molecule has 0 saturated carbocycles. The van der Waals surface area contributed by atoms with Gasteiger partial charge in [-0.3, -0.25) is 5.32 Å². The first kappa shape index (κ1) is 26.6. The standard InChI is InChI=1S/C26H35NO5S2/c1-5-8-14-26(6-2)18-34(29,30)23-16-21(32-17-24(28)31-7-3)22(33-4)15-20(23)25(27-26)19-12-10-9-11-13-19/h9-13,15-16,25,27H,5-8,14,17-18H2,1-4H3. The number of thioether (sulfide) groups is 1. The lowest BCUT2D eigenvalue weighted by Crippen LogP contribution is -2.50. The first-order valence-electron chi connectivity index (χ1n) is 11.8. The lowest BCUT2D eigenvalue weighted by Gasteiger charge is -2.36. The molecule has 6 nitrogen and oxygen atoms in total. The molecule has 1 aliphatic heterocycles. The molecule has 0 aromatic heterocycles. The Hall–Kier alpha value is -2.03. The highest BCUT2D eigenvalue weighted by Crippen LogP contribution is 2.42. The Morgan fingerprint density at radius 1 is 1.18 bits per heavy atom. The number of hydrogen-bond acceptors (Lipinski definition) is 7. The Kier molecular flexibility index (Phi) is 9.07. The Balaban J connectivity index is 2.16. The average molecular weight is 506 g/mol. The monoisotopic (exact) mass is 505 g/mol. The fraction of sp³-hybridized carbons (Fsp3) is 0.500. The van der Waals surface area contributed by atoms with Crippen molar-refractivity contribution in [3.63, 3.8) is 0 Å². The number of benzene rings is 2. The molecule has 2 aromatic carbocycles. The Bertz CT molecular complexity index is 1090. The highest BCUT2D eigenvalue weighted by molar-refractivity contribution is 7.98. The highest BCUT2D eigenvalue weighted by Gasteiger charge is 2.42. The molecule has 0 fully saturated rings. The van der Waals surface area contributed by atoms with Crippen LogP contribution in [-0.2, 0) is 19.4 Å². The van der Waals surface area contributed by atoms with E-state index in [0.29, 0.717) is 17.7 Å². The zero-order chi connectivity index (χ0) is 24.8. The quantitative estimate of drug-likeness (QED) is 0.353. The molecule has 1 heterocycles. The van der Waals surface area contributed by atoms with E-state index in [0.717, 1.165) is 29.7 Å². The Labute approximate surface area is 207 Å². The molecule has 0 amide bonds. The molecule has 3 rings (SSSR count). The van der Waals surface area contributed by atoms with Crippen molar-refractivity contribution < 1.29 is 22.7 Å². The molecule has 8 heteroatoms. The van der Waals surface area contributed by atoms with Gasteiger partial charge < -0.3 is 9.47 Å². The minimum atomic E-state index is -3.63. The number of nitrogens with one attached hydrogen (secondary N) is 1. The predicted octanol–water partition coefficient (Wildman–Crippen LogP) is 5.16. The van der Waals surface area contributed by atoms with Gasteiger partial charge in [0.2, 0.25) is 0 Å². The molecule has 34 heavy (non-hydrogen) atoms. The van der Waals surface area contributed by atoms with Crippen molar-refractivity contribution in [1.82, 2.24) is 5.32 Å². The lowest BCUT2D eigenvalue weighted by molar-refractivity contribution is -0.145. The van der Waals surface area contributed by atoms with Crippen LogP contribution in [0.3, 0.4) is 0 Å². The summed E-state index contributed by atoms with van der Waals surface area (Å²) in [6.45, 7) is 5.90. The number of rotatable bonds is 10. The van der Waals surface area contributed by atoms with Crippen molar-refractivity contribution in [3.8, 4) is 5.75 Å². The lowest BCUT2D eigenvalue weighted by atomic mass is 9.88. The van der Waals surface area contributed by atoms with E-state index in [2.05, 4.69) is 19.2 Å². The number of unbranched alkanes of at least 4 members (excludes halogenated alkanes) is 1. The van der Waals surface area contributed by atoms with Crippen LogP contribution in [0, 0.1) is 0 Å². The van der Waals surface area contributed by atoms with E-state index >= 15 is 0 Å². The van der Waals surface area contributed by atoms with Crippen LogP contribution in [0.25, 0.3) is 0 Å². The fourth-order valence-electron chi connectivity index (χ4n) is 4.48. The van der Waals surface area contributed by atoms with Gasteiger partial charge in [0, 0.05) is 16.5 Å². The van der Waals surface area contributed by atoms with Gasteiger partial charge in [0.15, 0.2) is 16.4 Å². The van der Waals surface area contributed by atoms with Gasteiger partial charge in [-0.05, 0) is 43.2 Å². The first-order chi connectivity index (χ1) is 16.3. The number of ether oxygens (including phenoxy) is 2. The number of sulfone groups is 1. The molecule has 0 saturated heterocycles. The highest BCUT2D eigenvalue weighted by atomic mass is 32.2. The van der Waals surface area contributed by atoms with Gasteiger partial charge in [0.1, 0.15) is 5.75 Å². The number of esters is 1. The normalized spacial score (nSPS) is 21.4. The third kappa shape index (κ3) is 5.96. The second-order valence-corrected chi connectivity index (χ2v) is 11.4. The molecule has 0 bridgehead atoms. The second kappa shape index (κ2) is 11.6. The van der Waals surface area contributed by atoms with E-state index in [1.54, 1.807) is 13.0 Å². The Morgan fingerprint density at radius 2 is 1.91 bits per heavy atom. The van der Waals surface area contributed by atoms with E-state index in [1.165, 1.54) is 11.8 Å². The van der Waals surface area contributed by atoms with E-state index < -0.39 is 21.3 Å². The fourth-order valence-corrected chi connectivity index (χ4v) is 7.18. The molecule has 0 spiro atoms. The molecular weight excluding hydrogens is 470 g/mol.